The Kier molecular flexibility index (Phi) is 6.54. The first-order valence-electron chi connectivity index (χ1n) is 5.78. The van der Waals surface area contributed by atoms with Crippen LogP contribution in [0, 0.1) is 0 Å². The van der Waals surface area contributed by atoms with Crippen LogP contribution < -0.4 is 5.32 Å². The molecular weight excluding hydrogens is 198 g/mol. The molecule has 0 radical (unpaired) electrons. The average Bonchev–Trinajstić information content (AvgIpc) is 2.34. The standard InChI is InChI=1S/C14H21NO/c1-3-13(12-15-2)8-7-11-16-14-9-5-4-6-10-14/h3-9,14-15H,10-12H2,1-2H3/b8-7-,13-3+/t14-/m0/s1. The van der Waals surface area contributed by atoms with Gasteiger partial charge in [0.1, 0.15) is 0 Å². The lowest BCUT2D eigenvalue weighted by atomic mass is 10.1. The van der Waals surface area contributed by atoms with E-state index in [0.29, 0.717) is 6.61 Å². The molecule has 16 heavy (non-hydrogen) atoms. The smallest absolute Gasteiger partial charge is 0.0797 e. The fourth-order valence-electron chi connectivity index (χ4n) is 1.52. The molecule has 0 saturated carbocycles. The van der Waals surface area contributed by atoms with E-state index >= 15 is 0 Å². The van der Waals surface area contributed by atoms with Crippen molar-refractivity contribution in [2.45, 2.75) is 19.4 Å². The highest BCUT2D eigenvalue weighted by Crippen LogP contribution is 2.07. The lowest BCUT2D eigenvalue weighted by Crippen LogP contribution is -2.11. The Balaban J connectivity index is 2.21. The second-order valence-corrected chi connectivity index (χ2v) is 3.72. The Labute approximate surface area is 98.4 Å². The van der Waals surface area contributed by atoms with Gasteiger partial charge in [-0.1, -0.05) is 42.5 Å². The molecule has 2 heteroatoms. The van der Waals surface area contributed by atoms with Gasteiger partial charge in [-0.2, -0.15) is 0 Å². The van der Waals surface area contributed by atoms with Gasteiger partial charge in [0.15, 0.2) is 0 Å². The minimum Gasteiger partial charge on any atom is -0.370 e. The molecule has 0 aliphatic heterocycles. The second kappa shape index (κ2) is 8.08. The first kappa shape index (κ1) is 12.9. The van der Waals surface area contributed by atoms with E-state index in [4.69, 9.17) is 4.74 Å². The number of nitrogens with one attached hydrogen (secondary N) is 1. The highest BCUT2D eigenvalue weighted by molar-refractivity contribution is 5.19. The average molecular weight is 219 g/mol. The normalized spacial score (nSPS) is 20.9. The third-order valence-electron chi connectivity index (χ3n) is 2.43. The van der Waals surface area contributed by atoms with Gasteiger partial charge in [0.05, 0.1) is 12.7 Å². The van der Waals surface area contributed by atoms with Gasteiger partial charge in [0.2, 0.25) is 0 Å². The number of hydrogen-bond acceptors (Lipinski definition) is 2. The van der Waals surface area contributed by atoms with E-state index in [1.807, 2.05) is 20.0 Å². The molecule has 0 unspecified atom stereocenters. The van der Waals surface area contributed by atoms with Crippen LogP contribution in [0.5, 0.6) is 0 Å². The highest BCUT2D eigenvalue weighted by Gasteiger charge is 2.02. The topological polar surface area (TPSA) is 21.3 Å². The van der Waals surface area contributed by atoms with Gasteiger partial charge in [0, 0.05) is 6.54 Å². The molecule has 1 N–H and O–H groups in total. The van der Waals surface area contributed by atoms with Crippen LogP contribution >= 0.6 is 0 Å². The molecule has 0 aromatic carbocycles. The van der Waals surface area contributed by atoms with Crippen molar-refractivity contribution in [3.8, 4) is 0 Å². The SMILES string of the molecule is C/C=C(\C=C/CO[C@H]1C=CC=CC1)CNC. The molecule has 0 heterocycles. The molecule has 0 fully saturated rings. The molecule has 0 spiro atoms. The van der Waals surface area contributed by atoms with Gasteiger partial charge in [-0.25, -0.2) is 0 Å². The summed E-state index contributed by atoms with van der Waals surface area (Å²) in [5, 5.41) is 3.13. The number of likely N-dealkylation sites (N-methyl/N-ethyl adjacent to an activating group) is 1. The Morgan fingerprint density at radius 3 is 3.00 bits per heavy atom. The van der Waals surface area contributed by atoms with Gasteiger partial charge in [0.25, 0.3) is 0 Å². The van der Waals surface area contributed by atoms with Crippen molar-refractivity contribution >= 4 is 0 Å². The predicted molar refractivity (Wildman–Crippen MR) is 69.5 cm³/mol. The van der Waals surface area contributed by atoms with E-state index in [1.54, 1.807) is 0 Å². The van der Waals surface area contributed by atoms with Crippen molar-refractivity contribution in [1.82, 2.24) is 5.32 Å². The monoisotopic (exact) mass is 219 g/mol. The van der Waals surface area contributed by atoms with Gasteiger partial charge in [-0.3, -0.25) is 0 Å². The van der Waals surface area contributed by atoms with Crippen molar-refractivity contribution in [2.24, 2.45) is 0 Å². The summed E-state index contributed by atoms with van der Waals surface area (Å²) in [7, 11) is 1.95. The predicted octanol–water partition coefficient (Wildman–Crippen LogP) is 2.61. The zero-order chi connectivity index (χ0) is 11.6. The number of hydrogen-bond donors (Lipinski definition) is 1. The van der Waals surface area contributed by atoms with Crippen molar-refractivity contribution in [2.75, 3.05) is 20.2 Å². The quantitative estimate of drug-likeness (QED) is 0.693. The van der Waals surface area contributed by atoms with Crippen LogP contribution in [0.25, 0.3) is 0 Å². The van der Waals surface area contributed by atoms with Gasteiger partial charge in [-0.15, -0.1) is 0 Å². The summed E-state index contributed by atoms with van der Waals surface area (Å²) in [6.07, 6.45) is 15.8. The molecule has 0 aromatic rings. The van der Waals surface area contributed by atoms with E-state index in [9.17, 15) is 0 Å². The molecule has 1 aliphatic carbocycles. The van der Waals surface area contributed by atoms with E-state index in [-0.39, 0.29) is 6.10 Å². The van der Waals surface area contributed by atoms with E-state index in [1.165, 1.54) is 5.57 Å². The van der Waals surface area contributed by atoms with Gasteiger partial charge < -0.3 is 10.1 Å². The van der Waals surface area contributed by atoms with E-state index in [0.717, 1.165) is 13.0 Å². The summed E-state index contributed by atoms with van der Waals surface area (Å²) in [5.41, 5.74) is 1.28. The van der Waals surface area contributed by atoms with Crippen molar-refractivity contribution < 1.29 is 4.74 Å². The summed E-state index contributed by atoms with van der Waals surface area (Å²) in [5.74, 6) is 0. The summed E-state index contributed by atoms with van der Waals surface area (Å²) < 4.78 is 5.68. The Hall–Kier alpha value is -1.12. The molecule has 1 aliphatic rings. The number of ether oxygens (including phenoxy) is 1. The third-order valence-corrected chi connectivity index (χ3v) is 2.43. The van der Waals surface area contributed by atoms with E-state index in [2.05, 4.69) is 41.8 Å². The largest absolute Gasteiger partial charge is 0.370 e. The van der Waals surface area contributed by atoms with E-state index < -0.39 is 0 Å². The molecule has 88 valence electrons. The summed E-state index contributed by atoms with van der Waals surface area (Å²) in [6, 6.07) is 0. The van der Waals surface area contributed by atoms with Crippen LogP contribution in [0.2, 0.25) is 0 Å². The molecule has 0 bridgehead atoms. The second-order valence-electron chi connectivity index (χ2n) is 3.72. The summed E-state index contributed by atoms with van der Waals surface area (Å²) in [4.78, 5) is 0. The lowest BCUT2D eigenvalue weighted by Gasteiger charge is -2.12. The molecular formula is C14H21NO. The Bertz CT molecular complexity index is 300. The van der Waals surface area contributed by atoms with Crippen LogP contribution in [0.3, 0.4) is 0 Å². The van der Waals surface area contributed by atoms with Crippen LogP contribution in [0.15, 0.2) is 48.1 Å². The van der Waals surface area contributed by atoms with Gasteiger partial charge in [-0.05, 0) is 26.0 Å². The first-order valence-corrected chi connectivity index (χ1v) is 5.78. The maximum atomic E-state index is 5.68. The third kappa shape index (κ3) is 5.10. The fraction of sp³-hybridized carbons (Fsp3) is 0.429. The zero-order valence-electron chi connectivity index (χ0n) is 10.1. The molecule has 1 atom stereocenters. The lowest BCUT2D eigenvalue weighted by molar-refractivity contribution is 0.111. The van der Waals surface area contributed by atoms with Crippen LogP contribution in [-0.4, -0.2) is 26.3 Å². The Morgan fingerprint density at radius 1 is 1.50 bits per heavy atom. The van der Waals surface area contributed by atoms with Crippen molar-refractivity contribution in [3.63, 3.8) is 0 Å². The summed E-state index contributed by atoms with van der Waals surface area (Å²) >= 11 is 0. The summed E-state index contributed by atoms with van der Waals surface area (Å²) in [6.45, 7) is 3.62. The minimum atomic E-state index is 0.244. The molecule has 2 nitrogen and oxygen atoms in total. The minimum absolute atomic E-state index is 0.244. The first-order chi connectivity index (χ1) is 7.86. The Morgan fingerprint density at radius 2 is 2.38 bits per heavy atom. The number of allylic oxidation sites excluding steroid dienone is 3. The fourth-order valence-corrected chi connectivity index (χ4v) is 1.52. The van der Waals surface area contributed by atoms with Crippen LogP contribution in [0.4, 0.5) is 0 Å². The number of rotatable bonds is 6. The van der Waals surface area contributed by atoms with Crippen LogP contribution in [0.1, 0.15) is 13.3 Å². The van der Waals surface area contributed by atoms with Crippen molar-refractivity contribution in [3.05, 3.63) is 48.1 Å². The van der Waals surface area contributed by atoms with Gasteiger partial charge >= 0.3 is 0 Å². The highest BCUT2D eigenvalue weighted by atomic mass is 16.5. The van der Waals surface area contributed by atoms with Crippen molar-refractivity contribution in [1.29, 1.82) is 0 Å². The molecule has 0 aromatic heterocycles. The maximum Gasteiger partial charge on any atom is 0.0797 e. The van der Waals surface area contributed by atoms with Crippen LogP contribution in [-0.2, 0) is 4.74 Å². The molecule has 0 saturated heterocycles. The maximum absolute atomic E-state index is 5.68. The molecule has 1 rings (SSSR count). The molecule has 0 amide bonds. The zero-order valence-corrected chi connectivity index (χ0v) is 10.1.